The molecule has 1 aliphatic rings. The molecule has 0 saturated carbocycles. The lowest BCUT2D eigenvalue weighted by molar-refractivity contribution is 0.0664. The first-order valence-corrected chi connectivity index (χ1v) is 9.51. The van der Waals surface area contributed by atoms with Crippen LogP contribution in [0.15, 0.2) is 53.7 Å². The Morgan fingerprint density at radius 3 is 3.04 bits per heavy atom. The summed E-state index contributed by atoms with van der Waals surface area (Å²) in [5.74, 6) is 1.59. The van der Waals surface area contributed by atoms with Gasteiger partial charge in [-0.2, -0.15) is 11.3 Å². The summed E-state index contributed by atoms with van der Waals surface area (Å²) in [6.07, 6.45) is 7.64. The second-order valence-electron chi connectivity index (χ2n) is 6.54. The van der Waals surface area contributed by atoms with Crippen molar-refractivity contribution >= 4 is 11.3 Å². The first kappa shape index (κ1) is 16.4. The molecule has 6 heteroatoms. The van der Waals surface area contributed by atoms with Gasteiger partial charge in [0, 0.05) is 50.3 Å². The van der Waals surface area contributed by atoms with Crippen molar-refractivity contribution in [3.05, 3.63) is 70.7 Å². The van der Waals surface area contributed by atoms with Crippen LogP contribution in [0.4, 0.5) is 0 Å². The molecule has 0 aromatic carbocycles. The summed E-state index contributed by atoms with van der Waals surface area (Å²) >= 11 is 1.75. The van der Waals surface area contributed by atoms with Crippen LogP contribution in [-0.4, -0.2) is 32.6 Å². The molecule has 4 heterocycles. The van der Waals surface area contributed by atoms with E-state index in [0.29, 0.717) is 12.5 Å². The average molecular weight is 354 g/mol. The number of aromatic nitrogens is 3. The summed E-state index contributed by atoms with van der Waals surface area (Å²) in [4.78, 5) is 11.2. The van der Waals surface area contributed by atoms with Crippen molar-refractivity contribution in [2.75, 3.05) is 13.2 Å². The van der Waals surface area contributed by atoms with Crippen molar-refractivity contribution in [2.24, 2.45) is 5.92 Å². The van der Waals surface area contributed by atoms with Crippen LogP contribution < -0.4 is 0 Å². The summed E-state index contributed by atoms with van der Waals surface area (Å²) in [5.41, 5.74) is 2.50. The van der Waals surface area contributed by atoms with E-state index in [0.717, 1.165) is 44.2 Å². The fraction of sp³-hybridized carbons (Fsp3) is 0.368. The molecule has 0 amide bonds. The highest BCUT2D eigenvalue weighted by Gasteiger charge is 2.22. The van der Waals surface area contributed by atoms with Crippen LogP contribution in [0, 0.1) is 5.92 Å². The standard InChI is InChI=1S/C19H22N4OS/c1-2-16(8-20-4-1)13-24-14-18-10-22(9-17-3-7-25-15-17)12-19-21-5-6-23(19)11-18/h1-8,15,18H,9-14H2/t18-/m1/s1. The second kappa shape index (κ2) is 7.91. The van der Waals surface area contributed by atoms with Gasteiger partial charge in [-0.25, -0.2) is 4.98 Å². The first-order valence-electron chi connectivity index (χ1n) is 8.57. The van der Waals surface area contributed by atoms with Crippen LogP contribution >= 0.6 is 11.3 Å². The Morgan fingerprint density at radius 2 is 2.20 bits per heavy atom. The minimum Gasteiger partial charge on any atom is -0.376 e. The molecule has 1 atom stereocenters. The molecule has 3 aromatic rings. The number of hydrogen-bond acceptors (Lipinski definition) is 5. The molecule has 0 bridgehead atoms. The molecular weight excluding hydrogens is 332 g/mol. The zero-order valence-corrected chi connectivity index (χ0v) is 14.9. The van der Waals surface area contributed by atoms with Gasteiger partial charge in [0.05, 0.1) is 19.8 Å². The number of nitrogens with zero attached hydrogens (tertiary/aromatic N) is 4. The topological polar surface area (TPSA) is 43.2 Å². The van der Waals surface area contributed by atoms with Crippen molar-refractivity contribution in [1.29, 1.82) is 0 Å². The zero-order chi connectivity index (χ0) is 16.9. The van der Waals surface area contributed by atoms with Crippen LogP contribution in [-0.2, 0) is 31.0 Å². The summed E-state index contributed by atoms with van der Waals surface area (Å²) in [6, 6.07) is 6.21. The third-order valence-corrected chi connectivity index (χ3v) is 5.20. The zero-order valence-electron chi connectivity index (χ0n) is 14.1. The molecule has 0 spiro atoms. The van der Waals surface area contributed by atoms with E-state index in [1.165, 1.54) is 5.56 Å². The minimum absolute atomic E-state index is 0.450. The van der Waals surface area contributed by atoms with E-state index in [-0.39, 0.29) is 0 Å². The van der Waals surface area contributed by atoms with Crippen LogP contribution in [0.3, 0.4) is 0 Å². The fourth-order valence-corrected chi connectivity index (χ4v) is 3.98. The maximum Gasteiger partial charge on any atom is 0.122 e. The molecule has 3 aromatic heterocycles. The highest BCUT2D eigenvalue weighted by atomic mass is 32.1. The number of fused-ring (bicyclic) bond motifs is 1. The second-order valence-corrected chi connectivity index (χ2v) is 7.32. The molecule has 130 valence electrons. The molecule has 4 rings (SSSR count). The van der Waals surface area contributed by atoms with E-state index in [4.69, 9.17) is 4.74 Å². The van der Waals surface area contributed by atoms with Crippen molar-refractivity contribution in [3.8, 4) is 0 Å². The summed E-state index contributed by atoms with van der Waals surface area (Å²) in [7, 11) is 0. The van der Waals surface area contributed by atoms with Gasteiger partial charge < -0.3 is 9.30 Å². The Bertz CT molecular complexity index is 772. The van der Waals surface area contributed by atoms with Gasteiger partial charge in [0.25, 0.3) is 0 Å². The summed E-state index contributed by atoms with van der Waals surface area (Å²) in [5, 5.41) is 4.37. The van der Waals surface area contributed by atoms with Gasteiger partial charge in [-0.3, -0.25) is 9.88 Å². The monoisotopic (exact) mass is 354 g/mol. The number of pyridine rings is 1. The van der Waals surface area contributed by atoms with Gasteiger partial charge in [0.15, 0.2) is 0 Å². The third kappa shape index (κ3) is 4.34. The number of thiophene rings is 1. The Labute approximate surface area is 151 Å². The largest absolute Gasteiger partial charge is 0.376 e. The van der Waals surface area contributed by atoms with Crippen LogP contribution in [0.5, 0.6) is 0 Å². The number of hydrogen-bond donors (Lipinski definition) is 0. The molecule has 1 aliphatic heterocycles. The van der Waals surface area contributed by atoms with E-state index in [9.17, 15) is 0 Å². The quantitative estimate of drug-likeness (QED) is 0.682. The fourth-order valence-electron chi connectivity index (χ4n) is 3.32. The molecule has 0 unspecified atom stereocenters. The van der Waals surface area contributed by atoms with Gasteiger partial charge in [0.2, 0.25) is 0 Å². The van der Waals surface area contributed by atoms with Crippen molar-refractivity contribution in [2.45, 2.75) is 26.2 Å². The highest BCUT2D eigenvalue weighted by Crippen LogP contribution is 2.19. The smallest absolute Gasteiger partial charge is 0.122 e. The summed E-state index contributed by atoms with van der Waals surface area (Å²) < 4.78 is 8.26. The van der Waals surface area contributed by atoms with Gasteiger partial charge in [0.1, 0.15) is 5.82 Å². The van der Waals surface area contributed by atoms with E-state index in [1.807, 2.05) is 18.5 Å². The van der Waals surface area contributed by atoms with Gasteiger partial charge in [-0.1, -0.05) is 6.07 Å². The van der Waals surface area contributed by atoms with Crippen LogP contribution in [0.25, 0.3) is 0 Å². The Kier molecular flexibility index (Phi) is 5.20. The predicted molar refractivity (Wildman–Crippen MR) is 98.0 cm³/mol. The van der Waals surface area contributed by atoms with Crippen molar-refractivity contribution < 1.29 is 4.74 Å². The number of rotatable bonds is 6. The lowest BCUT2D eigenvalue weighted by atomic mass is 10.1. The highest BCUT2D eigenvalue weighted by molar-refractivity contribution is 7.07. The Hall–Kier alpha value is -2.02. The van der Waals surface area contributed by atoms with Crippen LogP contribution in [0.2, 0.25) is 0 Å². The van der Waals surface area contributed by atoms with Crippen LogP contribution in [0.1, 0.15) is 17.0 Å². The molecule has 0 fully saturated rings. The Balaban J connectivity index is 1.40. The van der Waals surface area contributed by atoms with E-state index < -0.39 is 0 Å². The Morgan fingerprint density at radius 1 is 1.20 bits per heavy atom. The minimum atomic E-state index is 0.450. The normalized spacial score (nSPS) is 18.0. The molecular formula is C19H22N4OS. The average Bonchev–Trinajstić information content (AvgIpc) is 3.25. The lowest BCUT2D eigenvalue weighted by Crippen LogP contribution is -2.30. The predicted octanol–water partition coefficient (Wildman–Crippen LogP) is 3.19. The molecule has 25 heavy (non-hydrogen) atoms. The molecule has 5 nitrogen and oxygen atoms in total. The van der Waals surface area contributed by atoms with Crippen molar-refractivity contribution in [1.82, 2.24) is 19.4 Å². The maximum absolute atomic E-state index is 5.99. The summed E-state index contributed by atoms with van der Waals surface area (Å²) in [6.45, 7) is 5.20. The molecule has 0 saturated heterocycles. The van der Waals surface area contributed by atoms with E-state index >= 15 is 0 Å². The molecule has 0 radical (unpaired) electrons. The third-order valence-electron chi connectivity index (χ3n) is 4.47. The molecule has 0 aliphatic carbocycles. The number of imidazole rings is 1. The van der Waals surface area contributed by atoms with Gasteiger partial charge in [-0.05, 0) is 34.0 Å². The van der Waals surface area contributed by atoms with E-state index in [2.05, 4.69) is 48.5 Å². The number of ether oxygens (including phenoxy) is 1. The first-order chi connectivity index (χ1) is 12.4. The molecule has 0 N–H and O–H groups in total. The SMILES string of the molecule is c1cncc(COC[C@@H]2CN(Cc3ccsc3)Cc3nccn3C2)c1. The van der Waals surface area contributed by atoms with Crippen molar-refractivity contribution in [3.63, 3.8) is 0 Å². The lowest BCUT2D eigenvalue weighted by Gasteiger charge is -2.23. The van der Waals surface area contributed by atoms with Gasteiger partial charge in [-0.15, -0.1) is 0 Å². The van der Waals surface area contributed by atoms with Gasteiger partial charge >= 0.3 is 0 Å². The maximum atomic E-state index is 5.99. The van der Waals surface area contributed by atoms with E-state index in [1.54, 1.807) is 17.5 Å².